The van der Waals surface area contributed by atoms with E-state index in [4.69, 9.17) is 9.47 Å². The first kappa shape index (κ1) is 20.5. The fourth-order valence-corrected chi connectivity index (χ4v) is 3.83. The second-order valence-corrected chi connectivity index (χ2v) is 7.30. The van der Waals surface area contributed by atoms with E-state index in [-0.39, 0.29) is 0 Å². The van der Waals surface area contributed by atoms with Gasteiger partial charge in [-0.1, -0.05) is 24.3 Å². The van der Waals surface area contributed by atoms with Crippen LogP contribution in [0.25, 0.3) is 0 Å². The Hall–Kier alpha value is -3.79. The van der Waals surface area contributed by atoms with Crippen molar-refractivity contribution in [1.82, 2.24) is 10.2 Å². The number of piperazine rings is 1. The zero-order valence-corrected chi connectivity index (χ0v) is 17.7. The molecular formula is C24H25N5O2. The zero-order chi connectivity index (χ0) is 21.6. The highest BCUT2D eigenvalue weighted by molar-refractivity contribution is 5.50. The molecule has 0 spiro atoms. The average Bonchev–Trinajstić information content (AvgIpc) is 2.85. The summed E-state index contributed by atoms with van der Waals surface area (Å²) in [6.07, 6.45) is 0. The number of rotatable bonds is 6. The molecule has 3 aromatic rings. The van der Waals surface area contributed by atoms with E-state index in [1.54, 1.807) is 20.3 Å². The lowest BCUT2D eigenvalue weighted by molar-refractivity contribution is 0.354. The van der Waals surface area contributed by atoms with Gasteiger partial charge in [0.1, 0.15) is 5.92 Å². The second kappa shape index (κ2) is 9.35. The maximum atomic E-state index is 9.77. The van der Waals surface area contributed by atoms with Crippen molar-refractivity contribution in [3.8, 4) is 17.6 Å². The molecule has 7 heteroatoms. The summed E-state index contributed by atoms with van der Waals surface area (Å²) in [7, 11) is 3.17. The van der Waals surface area contributed by atoms with Crippen molar-refractivity contribution in [2.75, 3.05) is 50.2 Å². The highest BCUT2D eigenvalue weighted by Gasteiger charge is 2.21. The minimum atomic E-state index is -0.531. The molecule has 0 saturated carbocycles. The van der Waals surface area contributed by atoms with Gasteiger partial charge in [0.25, 0.3) is 0 Å². The van der Waals surface area contributed by atoms with E-state index in [1.807, 2.05) is 30.3 Å². The molecule has 7 nitrogen and oxygen atoms in total. The summed E-state index contributed by atoms with van der Waals surface area (Å²) >= 11 is 0. The summed E-state index contributed by atoms with van der Waals surface area (Å²) in [5.74, 6) is 1.51. The van der Waals surface area contributed by atoms with E-state index < -0.39 is 5.92 Å². The SMILES string of the molecule is COc1ccc(C(C#N)c2ccc(N3CCN(c4ccccc4)CC3)nn2)cc1OC. The van der Waals surface area contributed by atoms with Crippen LogP contribution in [0.1, 0.15) is 17.2 Å². The minimum Gasteiger partial charge on any atom is -0.493 e. The van der Waals surface area contributed by atoms with Crippen molar-refractivity contribution in [1.29, 1.82) is 5.26 Å². The third-order valence-electron chi connectivity index (χ3n) is 5.56. The van der Waals surface area contributed by atoms with Gasteiger partial charge in [0.05, 0.1) is 26.0 Å². The average molecular weight is 415 g/mol. The largest absolute Gasteiger partial charge is 0.493 e. The lowest BCUT2D eigenvalue weighted by Crippen LogP contribution is -2.46. The van der Waals surface area contributed by atoms with Gasteiger partial charge < -0.3 is 19.3 Å². The van der Waals surface area contributed by atoms with Crippen LogP contribution in [0.3, 0.4) is 0 Å². The van der Waals surface area contributed by atoms with Crippen LogP contribution in [-0.4, -0.2) is 50.6 Å². The molecule has 1 unspecified atom stereocenters. The highest BCUT2D eigenvalue weighted by atomic mass is 16.5. The number of hydrogen-bond acceptors (Lipinski definition) is 7. The molecule has 2 aromatic carbocycles. The molecule has 0 bridgehead atoms. The van der Waals surface area contributed by atoms with Crippen molar-refractivity contribution in [3.63, 3.8) is 0 Å². The van der Waals surface area contributed by atoms with E-state index in [0.717, 1.165) is 37.6 Å². The lowest BCUT2D eigenvalue weighted by atomic mass is 9.96. The minimum absolute atomic E-state index is 0.531. The number of anilines is 2. The van der Waals surface area contributed by atoms with Crippen molar-refractivity contribution >= 4 is 11.5 Å². The van der Waals surface area contributed by atoms with Crippen LogP contribution in [-0.2, 0) is 0 Å². The van der Waals surface area contributed by atoms with Gasteiger partial charge in [0, 0.05) is 31.9 Å². The van der Waals surface area contributed by atoms with Gasteiger partial charge >= 0.3 is 0 Å². The highest BCUT2D eigenvalue weighted by Crippen LogP contribution is 2.32. The Kier molecular flexibility index (Phi) is 6.18. The van der Waals surface area contributed by atoms with Crippen molar-refractivity contribution in [2.45, 2.75) is 5.92 Å². The standard InChI is InChI=1S/C24H25N5O2/c1-30-22-10-8-18(16-23(22)31-2)20(17-25)21-9-11-24(27-26-21)29-14-12-28(13-15-29)19-6-4-3-5-7-19/h3-11,16,20H,12-15H2,1-2H3. The first-order valence-corrected chi connectivity index (χ1v) is 10.2. The van der Waals surface area contributed by atoms with Crippen molar-refractivity contribution in [2.24, 2.45) is 0 Å². The number of nitriles is 1. The van der Waals surface area contributed by atoms with Crippen molar-refractivity contribution in [3.05, 3.63) is 71.9 Å². The van der Waals surface area contributed by atoms with Crippen molar-refractivity contribution < 1.29 is 9.47 Å². The maximum absolute atomic E-state index is 9.77. The number of para-hydroxylation sites is 1. The molecule has 1 aliphatic heterocycles. The predicted octanol–water partition coefficient (Wildman–Crippen LogP) is 3.48. The molecule has 1 aliphatic rings. The van der Waals surface area contributed by atoms with E-state index in [9.17, 15) is 5.26 Å². The monoisotopic (exact) mass is 415 g/mol. The Bertz CT molecular complexity index is 1040. The van der Waals surface area contributed by atoms with Crippen LogP contribution in [0.4, 0.5) is 11.5 Å². The smallest absolute Gasteiger partial charge is 0.161 e. The Morgan fingerprint density at radius 1 is 0.839 bits per heavy atom. The zero-order valence-electron chi connectivity index (χ0n) is 17.7. The normalized spacial score (nSPS) is 14.6. The molecule has 1 atom stereocenters. The number of hydrogen-bond donors (Lipinski definition) is 0. The van der Waals surface area contributed by atoms with E-state index in [2.05, 4.69) is 50.3 Å². The van der Waals surface area contributed by atoms with Gasteiger partial charge in [0.15, 0.2) is 17.3 Å². The topological polar surface area (TPSA) is 74.5 Å². The number of methoxy groups -OCH3 is 2. The number of aromatic nitrogens is 2. The van der Waals surface area contributed by atoms with Gasteiger partial charge in [-0.15, -0.1) is 5.10 Å². The van der Waals surface area contributed by atoms with Crippen LogP contribution >= 0.6 is 0 Å². The summed E-state index contributed by atoms with van der Waals surface area (Å²) in [6, 6.07) is 22.1. The summed E-state index contributed by atoms with van der Waals surface area (Å²) in [4.78, 5) is 4.61. The molecule has 0 amide bonds. The lowest BCUT2D eigenvalue weighted by Gasteiger charge is -2.36. The Morgan fingerprint density at radius 3 is 2.16 bits per heavy atom. The van der Waals surface area contributed by atoms with E-state index in [0.29, 0.717) is 17.2 Å². The third-order valence-corrected chi connectivity index (χ3v) is 5.56. The third kappa shape index (κ3) is 4.38. The second-order valence-electron chi connectivity index (χ2n) is 7.30. The van der Waals surface area contributed by atoms with Gasteiger partial charge in [-0.25, -0.2) is 0 Å². The number of benzene rings is 2. The number of nitrogens with zero attached hydrogens (tertiary/aromatic N) is 5. The van der Waals surface area contributed by atoms with Crippen LogP contribution in [0, 0.1) is 11.3 Å². The van der Waals surface area contributed by atoms with E-state index in [1.165, 1.54) is 5.69 Å². The molecule has 158 valence electrons. The molecular weight excluding hydrogens is 390 g/mol. The van der Waals surface area contributed by atoms with Crippen LogP contribution < -0.4 is 19.3 Å². The molecule has 31 heavy (non-hydrogen) atoms. The van der Waals surface area contributed by atoms with Crippen LogP contribution in [0.2, 0.25) is 0 Å². The van der Waals surface area contributed by atoms with Gasteiger partial charge in [0.2, 0.25) is 0 Å². The van der Waals surface area contributed by atoms with Gasteiger partial charge in [-0.2, -0.15) is 10.4 Å². The Balaban J connectivity index is 1.46. The summed E-state index contributed by atoms with van der Waals surface area (Å²) in [6.45, 7) is 3.61. The fourth-order valence-electron chi connectivity index (χ4n) is 3.83. The Labute approximate surface area is 182 Å². The molecule has 1 fully saturated rings. The fraction of sp³-hybridized carbons (Fsp3) is 0.292. The van der Waals surface area contributed by atoms with Crippen LogP contribution in [0.5, 0.6) is 11.5 Å². The quantitative estimate of drug-likeness (QED) is 0.610. The summed E-state index contributed by atoms with van der Waals surface area (Å²) in [5, 5.41) is 18.6. The molecule has 1 aromatic heterocycles. The molecule has 0 aliphatic carbocycles. The molecule has 4 rings (SSSR count). The maximum Gasteiger partial charge on any atom is 0.161 e. The molecule has 0 N–H and O–H groups in total. The van der Waals surface area contributed by atoms with Gasteiger partial charge in [-0.3, -0.25) is 0 Å². The van der Waals surface area contributed by atoms with Gasteiger partial charge in [-0.05, 0) is 42.0 Å². The summed E-state index contributed by atoms with van der Waals surface area (Å²) < 4.78 is 10.6. The molecule has 1 saturated heterocycles. The molecule has 0 radical (unpaired) electrons. The Morgan fingerprint density at radius 2 is 1.55 bits per heavy atom. The number of ether oxygens (including phenoxy) is 2. The first-order valence-electron chi connectivity index (χ1n) is 10.2. The van der Waals surface area contributed by atoms with E-state index >= 15 is 0 Å². The summed E-state index contributed by atoms with van der Waals surface area (Å²) in [5.41, 5.74) is 2.65. The predicted molar refractivity (Wildman–Crippen MR) is 120 cm³/mol. The molecule has 2 heterocycles. The van der Waals surface area contributed by atoms with Crippen LogP contribution in [0.15, 0.2) is 60.7 Å². The first-order chi connectivity index (χ1) is 15.2.